The molecule has 1 amide bonds. The van der Waals surface area contributed by atoms with E-state index in [0.29, 0.717) is 12.2 Å². The molecule has 4 heteroatoms. The molecule has 0 unspecified atom stereocenters. The van der Waals surface area contributed by atoms with Gasteiger partial charge in [-0.1, -0.05) is 0 Å². The third-order valence-corrected chi connectivity index (χ3v) is 3.86. The van der Waals surface area contributed by atoms with Crippen LogP contribution in [0.4, 0.5) is 0 Å². The maximum absolute atomic E-state index is 11.8. The minimum atomic E-state index is -0.889. The second-order valence-electron chi connectivity index (χ2n) is 4.72. The van der Waals surface area contributed by atoms with Crippen LogP contribution in [0.1, 0.15) is 26.2 Å². The summed E-state index contributed by atoms with van der Waals surface area (Å²) in [6, 6.07) is 0.197. The average molecular weight is 209 g/mol. The summed E-state index contributed by atoms with van der Waals surface area (Å²) in [5.74, 6) is 0.463. The van der Waals surface area contributed by atoms with Crippen molar-refractivity contribution in [3.8, 4) is 0 Å². The molecule has 4 nitrogen and oxygen atoms in total. The first-order chi connectivity index (χ1) is 7.11. The molecule has 1 N–H and O–H groups in total. The van der Waals surface area contributed by atoms with Crippen LogP contribution in [-0.2, 0) is 9.53 Å². The predicted molar refractivity (Wildman–Crippen MR) is 52.9 cm³/mol. The zero-order valence-corrected chi connectivity index (χ0v) is 8.77. The summed E-state index contributed by atoms with van der Waals surface area (Å²) in [6.07, 6.45) is 3.96. The van der Waals surface area contributed by atoms with Crippen molar-refractivity contribution in [2.75, 3.05) is 6.54 Å². The van der Waals surface area contributed by atoms with Crippen molar-refractivity contribution in [2.45, 2.75) is 43.9 Å². The molecule has 2 fully saturated rings. The summed E-state index contributed by atoms with van der Waals surface area (Å²) in [6.45, 7) is 2.67. The van der Waals surface area contributed by atoms with Crippen LogP contribution >= 0.6 is 0 Å². The number of hydrogen-bond acceptors (Lipinski definition) is 3. The van der Waals surface area contributed by atoms with Crippen molar-refractivity contribution >= 4 is 5.91 Å². The van der Waals surface area contributed by atoms with Crippen LogP contribution in [0.3, 0.4) is 0 Å². The first-order valence-corrected chi connectivity index (χ1v) is 5.53. The van der Waals surface area contributed by atoms with Crippen LogP contribution in [0.5, 0.6) is 0 Å². The van der Waals surface area contributed by atoms with E-state index < -0.39 is 5.60 Å². The van der Waals surface area contributed by atoms with Crippen molar-refractivity contribution in [2.24, 2.45) is 0 Å². The lowest BCUT2D eigenvalue weighted by Crippen LogP contribution is -2.56. The van der Waals surface area contributed by atoms with Gasteiger partial charge in [0.15, 0.2) is 5.60 Å². The van der Waals surface area contributed by atoms with Crippen LogP contribution in [0.25, 0.3) is 0 Å². The Morgan fingerprint density at radius 2 is 2.47 bits per heavy atom. The molecule has 0 aromatic rings. The van der Waals surface area contributed by atoms with Crippen LogP contribution < -0.4 is 0 Å². The predicted octanol–water partition coefficient (Wildman–Crippen LogP) is 0.415. The van der Waals surface area contributed by atoms with Gasteiger partial charge in [-0.3, -0.25) is 4.79 Å². The third kappa shape index (κ3) is 1.08. The topological polar surface area (TPSA) is 49.8 Å². The maximum Gasteiger partial charge on any atom is 0.250 e. The quantitative estimate of drug-likeness (QED) is 0.629. The van der Waals surface area contributed by atoms with E-state index in [-0.39, 0.29) is 18.1 Å². The summed E-state index contributed by atoms with van der Waals surface area (Å²) < 4.78 is 5.33. The van der Waals surface area contributed by atoms with Gasteiger partial charge in [0.25, 0.3) is 0 Å². The Morgan fingerprint density at radius 1 is 1.67 bits per heavy atom. The molecule has 0 aliphatic carbocycles. The lowest BCUT2D eigenvalue weighted by molar-refractivity contribution is -0.178. The maximum atomic E-state index is 11.8. The van der Waals surface area contributed by atoms with Gasteiger partial charge < -0.3 is 14.7 Å². The van der Waals surface area contributed by atoms with Crippen molar-refractivity contribution in [1.82, 2.24) is 4.90 Å². The number of ether oxygens (including phenoxy) is 1. The number of fused-ring (bicyclic) bond motifs is 2. The SMILES string of the molecule is C[C@@H]1OC2=CC(=O)N3CCC[C@@H]3C[C@]21O. The fraction of sp³-hybridized carbons (Fsp3) is 0.727. The molecule has 0 saturated carbocycles. The average Bonchev–Trinajstić information content (AvgIpc) is 2.62. The monoisotopic (exact) mass is 209 g/mol. The molecule has 0 radical (unpaired) electrons. The van der Waals surface area contributed by atoms with Crippen molar-refractivity contribution in [1.29, 1.82) is 0 Å². The van der Waals surface area contributed by atoms with Gasteiger partial charge in [0.1, 0.15) is 11.9 Å². The van der Waals surface area contributed by atoms with E-state index in [1.807, 2.05) is 11.8 Å². The zero-order valence-electron chi connectivity index (χ0n) is 8.77. The Labute approximate surface area is 88.5 Å². The summed E-state index contributed by atoms with van der Waals surface area (Å²) in [7, 11) is 0. The lowest BCUT2D eigenvalue weighted by atomic mass is 9.83. The number of hydrogen-bond donors (Lipinski definition) is 1. The van der Waals surface area contributed by atoms with Crippen molar-refractivity contribution in [3.63, 3.8) is 0 Å². The van der Waals surface area contributed by atoms with Crippen molar-refractivity contribution in [3.05, 3.63) is 11.8 Å². The summed E-state index contributed by atoms with van der Waals surface area (Å²) in [4.78, 5) is 13.7. The molecule has 2 saturated heterocycles. The largest absolute Gasteiger partial charge is 0.488 e. The van der Waals surface area contributed by atoms with E-state index in [1.54, 1.807) is 0 Å². The van der Waals surface area contributed by atoms with Gasteiger partial charge in [-0.05, 0) is 19.8 Å². The number of carbonyl (C=O) groups is 1. The molecule has 15 heavy (non-hydrogen) atoms. The molecule has 3 aliphatic rings. The van der Waals surface area contributed by atoms with E-state index in [9.17, 15) is 9.90 Å². The van der Waals surface area contributed by atoms with E-state index in [1.165, 1.54) is 6.08 Å². The van der Waals surface area contributed by atoms with Gasteiger partial charge in [0.05, 0.1) is 0 Å². The first-order valence-electron chi connectivity index (χ1n) is 5.53. The zero-order chi connectivity index (χ0) is 10.6. The van der Waals surface area contributed by atoms with Gasteiger partial charge in [-0.15, -0.1) is 0 Å². The fourth-order valence-electron chi connectivity index (χ4n) is 2.85. The Balaban J connectivity index is 1.97. The van der Waals surface area contributed by atoms with Crippen LogP contribution in [0.15, 0.2) is 11.8 Å². The molecule has 0 spiro atoms. The Bertz CT molecular complexity index is 352. The highest BCUT2D eigenvalue weighted by molar-refractivity contribution is 5.89. The van der Waals surface area contributed by atoms with Crippen LogP contribution in [0, 0.1) is 0 Å². The van der Waals surface area contributed by atoms with E-state index >= 15 is 0 Å². The molecule has 0 aromatic heterocycles. The van der Waals surface area contributed by atoms with E-state index in [4.69, 9.17) is 4.74 Å². The number of nitrogens with zero attached hydrogens (tertiary/aromatic N) is 1. The highest BCUT2D eigenvalue weighted by Gasteiger charge is 2.54. The highest BCUT2D eigenvalue weighted by Crippen LogP contribution is 2.44. The smallest absolute Gasteiger partial charge is 0.250 e. The minimum absolute atomic E-state index is 0.00433. The Hall–Kier alpha value is -1.03. The minimum Gasteiger partial charge on any atom is -0.488 e. The molecular formula is C11H15NO3. The number of rotatable bonds is 0. The number of carbonyl (C=O) groups excluding carboxylic acids is 1. The molecule has 3 atom stereocenters. The van der Waals surface area contributed by atoms with Gasteiger partial charge >= 0.3 is 0 Å². The molecule has 0 aromatic carbocycles. The van der Waals surface area contributed by atoms with E-state index in [2.05, 4.69) is 0 Å². The Kier molecular flexibility index (Phi) is 1.69. The molecular weight excluding hydrogens is 194 g/mol. The molecule has 0 bridgehead atoms. The summed E-state index contributed by atoms with van der Waals surface area (Å²) in [5, 5.41) is 10.4. The number of amides is 1. The molecule has 3 rings (SSSR count). The summed E-state index contributed by atoms with van der Waals surface area (Å²) >= 11 is 0. The van der Waals surface area contributed by atoms with Gasteiger partial charge in [-0.25, -0.2) is 0 Å². The summed E-state index contributed by atoms with van der Waals surface area (Å²) in [5.41, 5.74) is -0.889. The standard InChI is InChI=1S/C11H15NO3/c1-7-11(14)6-8-3-2-4-12(8)10(13)5-9(11)15-7/h5,7-8,14H,2-4,6H2,1H3/t7-,8+,11+/m0/s1. The van der Waals surface area contributed by atoms with Gasteiger partial charge in [0, 0.05) is 25.1 Å². The normalized spacial score (nSPS) is 43.5. The third-order valence-electron chi connectivity index (χ3n) is 3.86. The van der Waals surface area contributed by atoms with Crippen LogP contribution in [0.2, 0.25) is 0 Å². The second kappa shape index (κ2) is 2.76. The fourth-order valence-corrected chi connectivity index (χ4v) is 2.85. The second-order valence-corrected chi connectivity index (χ2v) is 4.72. The van der Waals surface area contributed by atoms with Gasteiger partial charge in [0.2, 0.25) is 5.91 Å². The van der Waals surface area contributed by atoms with E-state index in [0.717, 1.165) is 19.4 Å². The lowest BCUT2D eigenvalue weighted by Gasteiger charge is -2.46. The van der Waals surface area contributed by atoms with Crippen LogP contribution in [-0.4, -0.2) is 40.2 Å². The molecule has 3 heterocycles. The number of aliphatic hydroxyl groups is 1. The Morgan fingerprint density at radius 3 is 3.20 bits per heavy atom. The highest BCUT2D eigenvalue weighted by atomic mass is 16.6. The first kappa shape index (κ1) is 9.21. The van der Waals surface area contributed by atoms with Gasteiger partial charge in [-0.2, -0.15) is 0 Å². The molecule has 82 valence electrons. The van der Waals surface area contributed by atoms with Crippen molar-refractivity contribution < 1.29 is 14.6 Å². The molecule has 3 aliphatic heterocycles.